The third-order valence-electron chi connectivity index (χ3n) is 3.31. The molecule has 0 amide bonds. The maximum atomic E-state index is 10.7. The van der Waals surface area contributed by atoms with Gasteiger partial charge in [-0.05, 0) is 38.2 Å². The van der Waals surface area contributed by atoms with Crippen LogP contribution in [-0.2, 0) is 9.09 Å². The minimum atomic E-state index is -4.59. The molecule has 0 aromatic heterocycles. The molecule has 0 spiro atoms. The number of hydrogen-bond acceptors (Lipinski definition) is 4. The standard InChI is InChI=1S/C12H21ClNO5P/c1-9-2-3-10(11(13)6-9)4-5-12(14,7-15)8-19-20(16,17)18/h2,6,10,15H,3-5,7-8,14H2,1H3,(H2,16,17,18)/t10?,12-/m0/s1. The SMILES string of the molecule is CC1=CCC(CC[C@](N)(CO)COP(=O)(O)O)C(Cl)=C1. The van der Waals surface area contributed by atoms with E-state index in [4.69, 9.17) is 27.1 Å². The van der Waals surface area contributed by atoms with Crippen LogP contribution in [0.5, 0.6) is 0 Å². The second kappa shape index (κ2) is 7.18. The Morgan fingerprint density at radius 2 is 2.25 bits per heavy atom. The van der Waals surface area contributed by atoms with Gasteiger partial charge >= 0.3 is 7.82 Å². The van der Waals surface area contributed by atoms with Crippen molar-refractivity contribution in [1.29, 1.82) is 0 Å². The van der Waals surface area contributed by atoms with Crippen LogP contribution in [-0.4, -0.2) is 33.6 Å². The molecule has 1 aliphatic rings. The fraction of sp³-hybridized carbons (Fsp3) is 0.667. The number of aliphatic hydroxyl groups excluding tert-OH is 1. The molecule has 0 bridgehead atoms. The van der Waals surface area contributed by atoms with E-state index in [0.29, 0.717) is 12.8 Å². The van der Waals surface area contributed by atoms with E-state index in [2.05, 4.69) is 10.6 Å². The molecule has 1 unspecified atom stereocenters. The second-order valence-corrected chi connectivity index (χ2v) is 6.91. The van der Waals surface area contributed by atoms with Gasteiger partial charge in [0.15, 0.2) is 0 Å². The van der Waals surface area contributed by atoms with E-state index < -0.39 is 26.6 Å². The summed E-state index contributed by atoms with van der Waals surface area (Å²) < 4.78 is 15.1. The molecule has 0 aromatic rings. The van der Waals surface area contributed by atoms with Crippen LogP contribution in [0.4, 0.5) is 0 Å². The van der Waals surface area contributed by atoms with Gasteiger partial charge < -0.3 is 20.6 Å². The summed E-state index contributed by atoms with van der Waals surface area (Å²) in [6, 6.07) is 0. The van der Waals surface area contributed by atoms with Crippen LogP contribution >= 0.6 is 19.4 Å². The summed E-state index contributed by atoms with van der Waals surface area (Å²) in [5.74, 6) is 0.116. The van der Waals surface area contributed by atoms with Crippen LogP contribution in [0.15, 0.2) is 22.8 Å². The van der Waals surface area contributed by atoms with Crippen LogP contribution in [0.1, 0.15) is 26.2 Å². The Morgan fingerprint density at radius 3 is 2.75 bits per heavy atom. The van der Waals surface area contributed by atoms with Crippen molar-refractivity contribution in [2.45, 2.75) is 31.7 Å². The lowest BCUT2D eigenvalue weighted by Crippen LogP contribution is -2.48. The Morgan fingerprint density at radius 1 is 1.60 bits per heavy atom. The normalized spacial score (nSPS) is 23.0. The van der Waals surface area contributed by atoms with E-state index >= 15 is 0 Å². The lowest BCUT2D eigenvalue weighted by Gasteiger charge is -2.29. The van der Waals surface area contributed by atoms with Gasteiger partial charge in [0.2, 0.25) is 0 Å². The number of hydrogen-bond donors (Lipinski definition) is 4. The molecule has 0 radical (unpaired) electrons. The Kier molecular flexibility index (Phi) is 6.41. The molecule has 8 heteroatoms. The van der Waals surface area contributed by atoms with E-state index in [1.54, 1.807) is 0 Å². The van der Waals surface area contributed by atoms with Crippen molar-refractivity contribution in [3.05, 3.63) is 22.8 Å². The molecule has 0 aliphatic heterocycles. The first kappa shape index (κ1) is 17.9. The fourth-order valence-electron chi connectivity index (χ4n) is 1.96. The quantitative estimate of drug-likeness (QED) is 0.529. The largest absolute Gasteiger partial charge is 0.469 e. The monoisotopic (exact) mass is 325 g/mol. The first-order valence-electron chi connectivity index (χ1n) is 6.29. The summed E-state index contributed by atoms with van der Waals surface area (Å²) in [7, 11) is -4.59. The maximum Gasteiger partial charge on any atom is 0.469 e. The molecule has 1 aliphatic carbocycles. The van der Waals surface area contributed by atoms with Crippen molar-refractivity contribution >= 4 is 19.4 Å². The highest BCUT2D eigenvalue weighted by molar-refractivity contribution is 7.46. The van der Waals surface area contributed by atoms with Crippen molar-refractivity contribution in [2.75, 3.05) is 13.2 Å². The van der Waals surface area contributed by atoms with E-state index in [0.717, 1.165) is 17.0 Å². The molecule has 1 rings (SSSR count). The summed E-state index contributed by atoms with van der Waals surface area (Å²) in [6.45, 7) is 1.14. The molecule has 2 atom stereocenters. The lowest BCUT2D eigenvalue weighted by molar-refractivity contribution is 0.0982. The highest BCUT2D eigenvalue weighted by Gasteiger charge is 2.30. The van der Waals surface area contributed by atoms with E-state index in [9.17, 15) is 9.67 Å². The average Bonchev–Trinajstić information content (AvgIpc) is 2.34. The number of allylic oxidation sites excluding steroid dienone is 4. The highest BCUT2D eigenvalue weighted by Crippen LogP contribution is 2.37. The Labute approximate surface area is 123 Å². The first-order valence-corrected chi connectivity index (χ1v) is 8.20. The molecule has 6 nitrogen and oxygen atoms in total. The van der Waals surface area contributed by atoms with Crippen LogP contribution in [0.25, 0.3) is 0 Å². The number of aliphatic hydroxyl groups is 1. The van der Waals surface area contributed by atoms with Gasteiger partial charge in [-0.3, -0.25) is 4.52 Å². The topological polar surface area (TPSA) is 113 Å². The molecular weight excluding hydrogens is 305 g/mol. The van der Waals surface area contributed by atoms with Crippen molar-refractivity contribution < 1.29 is 24.0 Å². The molecule has 0 saturated carbocycles. The summed E-state index contributed by atoms with van der Waals surface area (Å²) in [6.07, 6.45) is 5.71. The average molecular weight is 326 g/mol. The predicted octanol–water partition coefficient (Wildman–Crippen LogP) is 1.65. The number of phosphoric acid groups is 1. The summed E-state index contributed by atoms with van der Waals surface area (Å²) in [5.41, 5.74) is 5.82. The molecule has 20 heavy (non-hydrogen) atoms. The Hall–Kier alpha value is -0.200. The number of rotatable bonds is 7. The highest BCUT2D eigenvalue weighted by atomic mass is 35.5. The minimum absolute atomic E-state index is 0.116. The number of halogens is 1. The van der Waals surface area contributed by atoms with Gasteiger partial charge in [-0.2, -0.15) is 0 Å². The van der Waals surface area contributed by atoms with Crippen molar-refractivity contribution in [3.8, 4) is 0 Å². The number of phosphoric ester groups is 1. The van der Waals surface area contributed by atoms with Gasteiger partial charge in [0.25, 0.3) is 0 Å². The molecule has 5 N–H and O–H groups in total. The summed E-state index contributed by atoms with van der Waals surface area (Å²) in [4.78, 5) is 17.4. The molecule has 0 saturated heterocycles. The Bertz CT molecular complexity index is 447. The van der Waals surface area contributed by atoms with Gasteiger partial charge in [0.05, 0.1) is 18.8 Å². The third kappa shape index (κ3) is 6.06. The van der Waals surface area contributed by atoms with E-state index in [1.807, 2.05) is 13.0 Å². The third-order valence-corrected chi connectivity index (χ3v) is 4.19. The minimum Gasteiger partial charge on any atom is -0.394 e. The zero-order valence-electron chi connectivity index (χ0n) is 11.3. The number of nitrogens with two attached hydrogens (primary N) is 1. The van der Waals surface area contributed by atoms with Crippen LogP contribution in [0, 0.1) is 5.92 Å². The smallest absolute Gasteiger partial charge is 0.394 e. The van der Waals surface area contributed by atoms with Gasteiger partial charge in [0.1, 0.15) is 0 Å². The zero-order valence-corrected chi connectivity index (χ0v) is 13.0. The summed E-state index contributed by atoms with van der Waals surface area (Å²) in [5, 5.41) is 10.0. The molecule has 116 valence electrons. The summed E-state index contributed by atoms with van der Waals surface area (Å²) >= 11 is 6.16. The first-order chi connectivity index (χ1) is 9.15. The Balaban J connectivity index is 2.53. The van der Waals surface area contributed by atoms with Crippen LogP contribution in [0.3, 0.4) is 0 Å². The van der Waals surface area contributed by atoms with Crippen molar-refractivity contribution in [3.63, 3.8) is 0 Å². The molecular formula is C12H21ClNO5P. The lowest BCUT2D eigenvalue weighted by atomic mass is 9.87. The van der Waals surface area contributed by atoms with E-state index in [-0.39, 0.29) is 5.92 Å². The van der Waals surface area contributed by atoms with E-state index in [1.165, 1.54) is 0 Å². The van der Waals surface area contributed by atoms with Gasteiger partial charge in [0, 0.05) is 5.03 Å². The molecule has 0 heterocycles. The zero-order chi connectivity index (χ0) is 15.4. The second-order valence-electron chi connectivity index (χ2n) is 5.23. The van der Waals surface area contributed by atoms with Gasteiger partial charge in [-0.15, -0.1) is 0 Å². The molecule has 0 aromatic carbocycles. The van der Waals surface area contributed by atoms with Gasteiger partial charge in [-0.25, -0.2) is 4.57 Å². The van der Waals surface area contributed by atoms with Crippen molar-refractivity contribution in [2.24, 2.45) is 11.7 Å². The van der Waals surface area contributed by atoms with Gasteiger partial charge in [-0.1, -0.05) is 23.3 Å². The predicted molar refractivity (Wildman–Crippen MR) is 77.0 cm³/mol. The van der Waals surface area contributed by atoms with Crippen LogP contribution < -0.4 is 5.73 Å². The van der Waals surface area contributed by atoms with Crippen molar-refractivity contribution in [1.82, 2.24) is 0 Å². The molecule has 0 fully saturated rings. The van der Waals surface area contributed by atoms with Crippen LogP contribution in [0.2, 0.25) is 0 Å². The fourth-order valence-corrected chi connectivity index (χ4v) is 2.76. The maximum absolute atomic E-state index is 10.7.